The average molecular weight is 277 g/mol. The number of aromatic nitrogens is 2. The lowest BCUT2D eigenvalue weighted by molar-refractivity contribution is -0.141. The highest BCUT2D eigenvalue weighted by Crippen LogP contribution is 2.23. The Morgan fingerprint density at radius 2 is 2.40 bits per heavy atom. The number of nitrogens with zero attached hydrogens (tertiary/aromatic N) is 3. The maximum atomic E-state index is 12.4. The largest absolute Gasteiger partial charge is 0.368 e. The molecule has 0 bridgehead atoms. The van der Waals surface area contributed by atoms with E-state index in [9.17, 15) is 4.79 Å². The number of hydrogen-bond donors (Lipinski definition) is 0. The molecule has 0 saturated carbocycles. The second-order valence-electron chi connectivity index (χ2n) is 6.18. The van der Waals surface area contributed by atoms with Gasteiger partial charge >= 0.3 is 0 Å². The van der Waals surface area contributed by atoms with Gasteiger partial charge in [0.1, 0.15) is 11.9 Å². The minimum atomic E-state index is -0.229. The highest BCUT2D eigenvalue weighted by atomic mass is 16.5. The molecule has 1 aromatic heterocycles. The van der Waals surface area contributed by atoms with Gasteiger partial charge in [0.2, 0.25) is 0 Å². The maximum absolute atomic E-state index is 12.4. The molecule has 0 radical (unpaired) electrons. The number of hydrogen-bond acceptors (Lipinski definition) is 3. The first kappa shape index (κ1) is 13.6. The molecule has 110 valence electrons. The predicted molar refractivity (Wildman–Crippen MR) is 75.2 cm³/mol. The molecule has 0 unspecified atom stereocenters. The van der Waals surface area contributed by atoms with E-state index in [-0.39, 0.29) is 12.0 Å². The number of ether oxygens (including phenoxy) is 1. The summed E-state index contributed by atoms with van der Waals surface area (Å²) >= 11 is 0. The number of fused-ring (bicyclic) bond motifs is 1. The standard InChI is InChI=1S/C15H23N3O2/c1-11-5-8-20-14(11)15(19)17(2)9-12-3-4-13-16-6-7-18(13)10-12/h6-7,11-12,14H,3-5,8-10H2,1-2H3/t11-,12+,14-/m1/s1. The van der Waals surface area contributed by atoms with Crippen molar-refractivity contribution in [1.82, 2.24) is 14.5 Å². The van der Waals surface area contributed by atoms with Gasteiger partial charge in [-0.25, -0.2) is 4.98 Å². The molecule has 2 aliphatic rings. The molecule has 0 aliphatic carbocycles. The molecule has 5 heteroatoms. The number of likely N-dealkylation sites (N-methyl/N-ethyl adjacent to an activating group) is 1. The van der Waals surface area contributed by atoms with Crippen LogP contribution in [0, 0.1) is 11.8 Å². The summed E-state index contributed by atoms with van der Waals surface area (Å²) in [6, 6.07) is 0. The van der Waals surface area contributed by atoms with Crippen LogP contribution >= 0.6 is 0 Å². The number of carbonyl (C=O) groups is 1. The summed E-state index contributed by atoms with van der Waals surface area (Å²) in [5, 5.41) is 0. The van der Waals surface area contributed by atoms with Gasteiger partial charge in [-0.2, -0.15) is 0 Å². The van der Waals surface area contributed by atoms with Crippen molar-refractivity contribution in [3.63, 3.8) is 0 Å². The number of aryl methyl sites for hydroxylation is 1. The number of rotatable bonds is 3. The highest BCUT2D eigenvalue weighted by Gasteiger charge is 2.33. The van der Waals surface area contributed by atoms with Crippen LogP contribution < -0.4 is 0 Å². The fourth-order valence-corrected chi connectivity index (χ4v) is 3.29. The molecule has 20 heavy (non-hydrogen) atoms. The van der Waals surface area contributed by atoms with Gasteiger partial charge in [0, 0.05) is 45.6 Å². The molecule has 0 spiro atoms. The summed E-state index contributed by atoms with van der Waals surface area (Å²) in [6.07, 6.45) is 6.77. The van der Waals surface area contributed by atoms with Crippen molar-refractivity contribution in [1.29, 1.82) is 0 Å². The fraction of sp³-hybridized carbons (Fsp3) is 0.733. The molecule has 1 aromatic rings. The Hall–Kier alpha value is -1.36. The van der Waals surface area contributed by atoms with E-state index in [0.29, 0.717) is 18.4 Å². The Morgan fingerprint density at radius 3 is 3.15 bits per heavy atom. The Morgan fingerprint density at radius 1 is 1.55 bits per heavy atom. The van der Waals surface area contributed by atoms with Crippen LogP contribution in [0.1, 0.15) is 25.6 Å². The zero-order valence-corrected chi connectivity index (χ0v) is 12.3. The van der Waals surface area contributed by atoms with Gasteiger partial charge in [-0.15, -0.1) is 0 Å². The first-order valence-corrected chi connectivity index (χ1v) is 7.51. The van der Waals surface area contributed by atoms with Crippen molar-refractivity contribution in [3.05, 3.63) is 18.2 Å². The molecule has 5 nitrogen and oxygen atoms in total. The molecular weight excluding hydrogens is 254 g/mol. The van der Waals surface area contributed by atoms with Gasteiger partial charge in [0.25, 0.3) is 5.91 Å². The van der Waals surface area contributed by atoms with Crippen LogP contribution in [0.15, 0.2) is 12.4 Å². The smallest absolute Gasteiger partial charge is 0.251 e. The molecule has 0 aromatic carbocycles. The van der Waals surface area contributed by atoms with Crippen molar-refractivity contribution >= 4 is 5.91 Å². The molecule has 1 saturated heterocycles. The maximum Gasteiger partial charge on any atom is 0.251 e. The molecule has 0 N–H and O–H groups in total. The van der Waals surface area contributed by atoms with Gasteiger partial charge in [0.05, 0.1) is 0 Å². The minimum Gasteiger partial charge on any atom is -0.368 e. The Bertz CT molecular complexity index is 485. The van der Waals surface area contributed by atoms with Crippen LogP contribution in [0.2, 0.25) is 0 Å². The summed E-state index contributed by atoms with van der Waals surface area (Å²) in [5.41, 5.74) is 0. The van der Waals surface area contributed by atoms with Crippen LogP contribution in [-0.2, 0) is 22.5 Å². The van der Waals surface area contributed by atoms with Crippen molar-refractivity contribution < 1.29 is 9.53 Å². The van der Waals surface area contributed by atoms with Gasteiger partial charge in [-0.1, -0.05) is 6.92 Å². The van der Waals surface area contributed by atoms with Gasteiger partial charge < -0.3 is 14.2 Å². The third-order valence-electron chi connectivity index (χ3n) is 4.57. The SMILES string of the molecule is C[C@@H]1CCO[C@H]1C(=O)N(C)C[C@@H]1CCc2nccn2C1. The Balaban J connectivity index is 1.57. The van der Waals surface area contributed by atoms with E-state index >= 15 is 0 Å². The fourth-order valence-electron chi connectivity index (χ4n) is 3.29. The molecule has 3 rings (SSSR count). The van der Waals surface area contributed by atoms with Crippen LogP contribution in [-0.4, -0.2) is 46.7 Å². The molecule has 3 atom stereocenters. The van der Waals surface area contributed by atoms with Crippen LogP contribution in [0.5, 0.6) is 0 Å². The van der Waals surface area contributed by atoms with Gasteiger partial charge in [-0.3, -0.25) is 4.79 Å². The second kappa shape index (κ2) is 5.56. The van der Waals surface area contributed by atoms with Crippen molar-refractivity contribution in [2.24, 2.45) is 11.8 Å². The predicted octanol–water partition coefficient (Wildman–Crippen LogP) is 1.33. The molecule has 1 fully saturated rings. The lowest BCUT2D eigenvalue weighted by atomic mass is 9.98. The number of carbonyl (C=O) groups excluding carboxylic acids is 1. The van der Waals surface area contributed by atoms with E-state index < -0.39 is 0 Å². The topological polar surface area (TPSA) is 47.4 Å². The monoisotopic (exact) mass is 277 g/mol. The lowest BCUT2D eigenvalue weighted by Crippen LogP contribution is -2.42. The highest BCUT2D eigenvalue weighted by molar-refractivity contribution is 5.81. The van der Waals surface area contributed by atoms with Gasteiger partial charge in [0.15, 0.2) is 0 Å². The quantitative estimate of drug-likeness (QED) is 0.837. The molecule has 1 amide bonds. The van der Waals surface area contributed by atoms with E-state index in [1.165, 1.54) is 5.82 Å². The summed E-state index contributed by atoms with van der Waals surface area (Å²) < 4.78 is 7.78. The molecular formula is C15H23N3O2. The number of amides is 1. The minimum absolute atomic E-state index is 0.145. The normalized spacial score (nSPS) is 29.2. The van der Waals surface area contributed by atoms with Gasteiger partial charge in [-0.05, 0) is 24.7 Å². The first-order valence-electron chi connectivity index (χ1n) is 7.51. The van der Waals surface area contributed by atoms with E-state index in [0.717, 1.165) is 32.4 Å². The van der Waals surface area contributed by atoms with Crippen LogP contribution in [0.4, 0.5) is 0 Å². The van der Waals surface area contributed by atoms with E-state index in [1.54, 1.807) is 0 Å². The van der Waals surface area contributed by atoms with Crippen molar-refractivity contribution in [2.75, 3.05) is 20.2 Å². The zero-order chi connectivity index (χ0) is 14.1. The third-order valence-corrected chi connectivity index (χ3v) is 4.57. The van der Waals surface area contributed by atoms with Crippen molar-refractivity contribution in [3.8, 4) is 0 Å². The summed E-state index contributed by atoms with van der Waals surface area (Å²) in [7, 11) is 1.90. The lowest BCUT2D eigenvalue weighted by Gasteiger charge is -2.30. The van der Waals surface area contributed by atoms with E-state index in [2.05, 4.69) is 16.5 Å². The van der Waals surface area contributed by atoms with E-state index in [4.69, 9.17) is 4.74 Å². The van der Waals surface area contributed by atoms with E-state index in [1.807, 2.05) is 24.3 Å². The first-order chi connectivity index (χ1) is 9.65. The summed E-state index contributed by atoms with van der Waals surface area (Å²) in [5.74, 6) is 2.17. The Labute approximate surface area is 119 Å². The number of imidazole rings is 1. The third kappa shape index (κ3) is 2.59. The average Bonchev–Trinajstić information content (AvgIpc) is 3.05. The second-order valence-corrected chi connectivity index (χ2v) is 6.18. The van der Waals surface area contributed by atoms with Crippen LogP contribution in [0.3, 0.4) is 0 Å². The summed E-state index contributed by atoms with van der Waals surface area (Å²) in [6.45, 7) is 4.59. The zero-order valence-electron chi connectivity index (χ0n) is 12.3. The van der Waals surface area contributed by atoms with Crippen molar-refractivity contribution in [2.45, 2.75) is 38.8 Å². The summed E-state index contributed by atoms with van der Waals surface area (Å²) in [4.78, 5) is 18.6. The Kier molecular flexibility index (Phi) is 3.78. The molecule has 3 heterocycles. The van der Waals surface area contributed by atoms with Crippen LogP contribution in [0.25, 0.3) is 0 Å². The molecule has 2 aliphatic heterocycles.